The molecule has 19 heavy (non-hydrogen) atoms. The normalized spacial score (nSPS) is 18.9. The second-order valence-electron chi connectivity index (χ2n) is 4.44. The third kappa shape index (κ3) is 2.22. The third-order valence-corrected chi connectivity index (χ3v) is 3.29. The van der Waals surface area contributed by atoms with E-state index in [1.165, 1.54) is 6.33 Å². The molecule has 2 aromatic rings. The fourth-order valence-electron chi connectivity index (χ4n) is 2.37. The maximum absolute atomic E-state index is 11.3. The summed E-state index contributed by atoms with van der Waals surface area (Å²) in [5, 5.41) is 0.976. The molecule has 2 heterocycles. The molecule has 1 aromatic carbocycles. The number of ether oxygens (including phenoxy) is 1. The first-order chi connectivity index (χ1) is 9.25. The minimum atomic E-state index is -0.447. The van der Waals surface area contributed by atoms with E-state index < -0.39 is 6.03 Å². The molecule has 98 valence electrons. The van der Waals surface area contributed by atoms with Gasteiger partial charge < -0.3 is 10.5 Å². The zero-order valence-corrected chi connectivity index (χ0v) is 10.3. The molecule has 6 heteroatoms. The molecule has 0 saturated carbocycles. The quantitative estimate of drug-likeness (QED) is 0.868. The van der Waals surface area contributed by atoms with E-state index in [9.17, 15) is 4.79 Å². The third-order valence-electron chi connectivity index (χ3n) is 3.29. The number of para-hydroxylation sites is 1. The Morgan fingerprint density at radius 1 is 1.53 bits per heavy atom. The molecule has 1 aromatic heterocycles. The second kappa shape index (κ2) is 4.81. The van der Waals surface area contributed by atoms with Gasteiger partial charge in [-0.3, -0.25) is 4.90 Å². The summed E-state index contributed by atoms with van der Waals surface area (Å²) in [5.74, 6) is 0. The number of fused-ring (bicyclic) bond motifs is 1. The highest BCUT2D eigenvalue weighted by Crippen LogP contribution is 2.20. The van der Waals surface area contributed by atoms with Gasteiger partial charge in [0.15, 0.2) is 0 Å². The summed E-state index contributed by atoms with van der Waals surface area (Å²) in [6.45, 7) is 1.06. The van der Waals surface area contributed by atoms with Crippen LogP contribution in [-0.2, 0) is 11.2 Å². The highest BCUT2D eigenvalue weighted by atomic mass is 16.5. The first-order valence-electron chi connectivity index (χ1n) is 6.11. The Bertz CT molecular complexity index is 611. The van der Waals surface area contributed by atoms with Gasteiger partial charge in [-0.2, -0.15) is 0 Å². The van der Waals surface area contributed by atoms with Gasteiger partial charge in [-0.1, -0.05) is 18.2 Å². The summed E-state index contributed by atoms with van der Waals surface area (Å²) >= 11 is 0. The number of nitrogens with zero attached hydrogens (tertiary/aromatic N) is 3. The Balaban J connectivity index is 1.91. The molecule has 1 unspecified atom stereocenters. The van der Waals surface area contributed by atoms with Crippen molar-refractivity contribution >= 4 is 16.9 Å². The summed E-state index contributed by atoms with van der Waals surface area (Å²) in [7, 11) is 0. The number of rotatable bonds is 2. The van der Waals surface area contributed by atoms with Crippen LogP contribution in [0.3, 0.4) is 0 Å². The van der Waals surface area contributed by atoms with Gasteiger partial charge in [-0.15, -0.1) is 0 Å². The molecule has 2 N–H and O–H groups in total. The van der Waals surface area contributed by atoms with Gasteiger partial charge in [0.1, 0.15) is 12.6 Å². The van der Waals surface area contributed by atoms with E-state index in [1.54, 1.807) is 11.1 Å². The Labute approximate surface area is 110 Å². The van der Waals surface area contributed by atoms with Crippen molar-refractivity contribution in [2.45, 2.75) is 12.6 Å². The van der Waals surface area contributed by atoms with E-state index in [-0.39, 0.29) is 6.23 Å². The van der Waals surface area contributed by atoms with Gasteiger partial charge in [0, 0.05) is 24.5 Å². The standard InChI is InChI=1S/C13H14N4O2/c14-13(18)17-4-5-19-11(17)6-9-2-1-3-10-7-15-8-16-12(9)10/h1-3,7-8,11H,4-6H2,(H2,14,18). The maximum Gasteiger partial charge on any atom is 0.316 e. The van der Waals surface area contributed by atoms with E-state index in [0.29, 0.717) is 19.6 Å². The highest BCUT2D eigenvalue weighted by Gasteiger charge is 2.28. The smallest absolute Gasteiger partial charge is 0.316 e. The zero-order valence-electron chi connectivity index (χ0n) is 10.3. The Kier molecular flexibility index (Phi) is 3.00. The molecule has 3 rings (SSSR count). The Morgan fingerprint density at radius 3 is 3.26 bits per heavy atom. The molecular formula is C13H14N4O2. The van der Waals surface area contributed by atoms with Crippen molar-refractivity contribution in [3.63, 3.8) is 0 Å². The minimum Gasteiger partial charge on any atom is -0.356 e. The van der Waals surface area contributed by atoms with Crippen LogP contribution in [0.5, 0.6) is 0 Å². The molecule has 1 atom stereocenters. The topological polar surface area (TPSA) is 81.3 Å². The minimum absolute atomic E-state index is 0.307. The molecule has 6 nitrogen and oxygen atoms in total. The van der Waals surface area contributed by atoms with Crippen molar-refractivity contribution in [3.05, 3.63) is 36.3 Å². The molecule has 0 radical (unpaired) electrons. The van der Waals surface area contributed by atoms with Crippen LogP contribution in [0.15, 0.2) is 30.7 Å². The van der Waals surface area contributed by atoms with Crippen molar-refractivity contribution in [3.8, 4) is 0 Å². The lowest BCUT2D eigenvalue weighted by atomic mass is 10.1. The summed E-state index contributed by atoms with van der Waals surface area (Å²) in [6.07, 6.45) is 3.57. The van der Waals surface area contributed by atoms with Gasteiger partial charge in [0.05, 0.1) is 12.1 Å². The van der Waals surface area contributed by atoms with Crippen molar-refractivity contribution in [2.75, 3.05) is 13.2 Å². The molecule has 1 aliphatic heterocycles. The SMILES string of the molecule is NC(=O)N1CCOC1Cc1cccc2cncnc12. The number of aromatic nitrogens is 2. The van der Waals surface area contributed by atoms with Crippen LogP contribution < -0.4 is 5.73 Å². The fourth-order valence-corrected chi connectivity index (χ4v) is 2.37. The predicted molar refractivity (Wildman–Crippen MR) is 69.3 cm³/mol. The van der Waals surface area contributed by atoms with Crippen LogP contribution in [0, 0.1) is 0 Å². The molecular weight excluding hydrogens is 244 g/mol. The number of hydrogen-bond donors (Lipinski definition) is 1. The molecule has 2 amide bonds. The van der Waals surface area contributed by atoms with E-state index in [0.717, 1.165) is 16.5 Å². The lowest BCUT2D eigenvalue weighted by Gasteiger charge is -2.21. The lowest BCUT2D eigenvalue weighted by molar-refractivity contribution is 0.0526. The monoisotopic (exact) mass is 258 g/mol. The second-order valence-corrected chi connectivity index (χ2v) is 4.44. The van der Waals surface area contributed by atoms with Crippen LogP contribution in [-0.4, -0.2) is 40.3 Å². The van der Waals surface area contributed by atoms with Crippen LogP contribution in [0.2, 0.25) is 0 Å². The molecule has 0 bridgehead atoms. The molecule has 1 saturated heterocycles. The van der Waals surface area contributed by atoms with Crippen LogP contribution in [0.1, 0.15) is 5.56 Å². The van der Waals surface area contributed by atoms with Gasteiger partial charge >= 0.3 is 6.03 Å². The van der Waals surface area contributed by atoms with Crippen molar-refractivity contribution in [2.24, 2.45) is 5.73 Å². The van der Waals surface area contributed by atoms with E-state index in [1.807, 2.05) is 18.2 Å². The fraction of sp³-hybridized carbons (Fsp3) is 0.308. The van der Waals surface area contributed by atoms with Gasteiger partial charge in [0.25, 0.3) is 0 Å². The van der Waals surface area contributed by atoms with E-state index >= 15 is 0 Å². The van der Waals surface area contributed by atoms with Crippen molar-refractivity contribution in [1.29, 1.82) is 0 Å². The number of amides is 2. The number of hydrogen-bond acceptors (Lipinski definition) is 4. The lowest BCUT2D eigenvalue weighted by Crippen LogP contribution is -2.41. The molecule has 0 spiro atoms. The number of urea groups is 1. The molecule has 1 fully saturated rings. The Morgan fingerprint density at radius 2 is 2.42 bits per heavy atom. The number of nitrogens with two attached hydrogens (primary N) is 1. The summed E-state index contributed by atoms with van der Waals surface area (Å²) in [4.78, 5) is 21.1. The first kappa shape index (κ1) is 11.9. The predicted octanol–water partition coefficient (Wildman–Crippen LogP) is 0.909. The average molecular weight is 258 g/mol. The van der Waals surface area contributed by atoms with Crippen LogP contribution >= 0.6 is 0 Å². The highest BCUT2D eigenvalue weighted by molar-refractivity contribution is 5.80. The summed E-state index contributed by atoms with van der Waals surface area (Å²) in [5.41, 5.74) is 7.25. The van der Waals surface area contributed by atoms with E-state index in [2.05, 4.69) is 9.97 Å². The Hall–Kier alpha value is -2.21. The largest absolute Gasteiger partial charge is 0.356 e. The van der Waals surface area contributed by atoms with Gasteiger partial charge in [-0.05, 0) is 5.56 Å². The average Bonchev–Trinajstić information content (AvgIpc) is 2.87. The maximum atomic E-state index is 11.3. The molecule has 1 aliphatic rings. The number of benzene rings is 1. The van der Waals surface area contributed by atoms with Crippen molar-refractivity contribution in [1.82, 2.24) is 14.9 Å². The number of carbonyl (C=O) groups excluding carboxylic acids is 1. The number of primary amides is 1. The summed E-state index contributed by atoms with van der Waals surface area (Å²) < 4.78 is 5.56. The van der Waals surface area contributed by atoms with Crippen LogP contribution in [0.4, 0.5) is 4.79 Å². The zero-order chi connectivity index (χ0) is 13.2. The summed E-state index contributed by atoms with van der Waals surface area (Å²) in [6, 6.07) is 5.44. The number of carbonyl (C=O) groups is 1. The van der Waals surface area contributed by atoms with Gasteiger partial charge in [-0.25, -0.2) is 14.8 Å². The molecule has 0 aliphatic carbocycles. The first-order valence-corrected chi connectivity index (χ1v) is 6.11. The van der Waals surface area contributed by atoms with Crippen LogP contribution in [0.25, 0.3) is 10.9 Å². The van der Waals surface area contributed by atoms with E-state index in [4.69, 9.17) is 10.5 Å². The van der Waals surface area contributed by atoms with Crippen molar-refractivity contribution < 1.29 is 9.53 Å². The van der Waals surface area contributed by atoms with Gasteiger partial charge in [0.2, 0.25) is 0 Å².